The molecule has 3 heterocycles. The lowest BCUT2D eigenvalue weighted by Gasteiger charge is -2.10. The Balaban J connectivity index is 1.62. The Morgan fingerprint density at radius 1 is 0.741 bits per heavy atom. The summed E-state index contributed by atoms with van der Waals surface area (Å²) in [6, 6.07) is 20.1. The molecule has 0 fully saturated rings. The Kier molecular flexibility index (Phi) is 5.11. The van der Waals surface area contributed by atoms with E-state index in [1.165, 1.54) is 5.56 Å². The topological polar surface area (TPSA) is 63.6 Å². The minimum absolute atomic E-state index is 0.645. The van der Waals surface area contributed by atoms with E-state index < -0.39 is 0 Å². The van der Waals surface area contributed by atoms with Crippen molar-refractivity contribution in [3.8, 4) is 22.6 Å². The number of nitrogens with one attached hydrogen (secondary N) is 1. The molecule has 0 radical (unpaired) electrons. The Bertz CT molecular complexity index is 931. The molecule has 0 aliphatic rings. The van der Waals surface area contributed by atoms with Gasteiger partial charge in [0.05, 0.1) is 5.69 Å². The van der Waals surface area contributed by atoms with Crippen LogP contribution in [0.4, 0.5) is 5.82 Å². The van der Waals surface area contributed by atoms with E-state index >= 15 is 0 Å². The highest BCUT2D eigenvalue weighted by Crippen LogP contribution is 2.23. The number of rotatable bonds is 6. The number of hydrogen-bond acceptors (Lipinski definition) is 5. The highest BCUT2D eigenvalue weighted by atomic mass is 15.0. The summed E-state index contributed by atoms with van der Waals surface area (Å²) in [4.78, 5) is 17.8. The maximum atomic E-state index is 4.71. The largest absolute Gasteiger partial charge is 0.370 e. The molecule has 0 saturated heterocycles. The van der Waals surface area contributed by atoms with Gasteiger partial charge in [0.1, 0.15) is 5.82 Å². The minimum Gasteiger partial charge on any atom is -0.370 e. The molecule has 5 heteroatoms. The van der Waals surface area contributed by atoms with Gasteiger partial charge in [-0.25, -0.2) is 9.97 Å². The first-order valence-corrected chi connectivity index (χ1v) is 8.86. The molecule has 0 atom stereocenters. The zero-order valence-corrected chi connectivity index (χ0v) is 14.8. The molecule has 27 heavy (non-hydrogen) atoms. The van der Waals surface area contributed by atoms with Gasteiger partial charge >= 0.3 is 0 Å². The molecule has 0 aliphatic carbocycles. The lowest BCUT2D eigenvalue weighted by molar-refractivity contribution is 1.00. The number of anilines is 1. The van der Waals surface area contributed by atoms with Gasteiger partial charge < -0.3 is 5.32 Å². The normalized spacial score (nSPS) is 10.5. The summed E-state index contributed by atoms with van der Waals surface area (Å²) in [5, 5.41) is 3.42. The molecule has 0 saturated carbocycles. The molecule has 0 unspecified atom stereocenters. The molecule has 4 rings (SSSR count). The third-order valence-electron chi connectivity index (χ3n) is 4.17. The van der Waals surface area contributed by atoms with Crippen LogP contribution in [0.5, 0.6) is 0 Å². The van der Waals surface area contributed by atoms with Crippen molar-refractivity contribution in [2.75, 3.05) is 11.9 Å². The molecular weight excluding hydrogens is 334 g/mol. The van der Waals surface area contributed by atoms with Gasteiger partial charge in [-0.15, -0.1) is 0 Å². The van der Waals surface area contributed by atoms with Crippen LogP contribution < -0.4 is 5.32 Å². The summed E-state index contributed by atoms with van der Waals surface area (Å²) >= 11 is 0. The quantitative estimate of drug-likeness (QED) is 0.561. The zero-order chi connectivity index (χ0) is 18.3. The van der Waals surface area contributed by atoms with Crippen molar-refractivity contribution in [1.29, 1.82) is 0 Å². The lowest BCUT2D eigenvalue weighted by Crippen LogP contribution is -2.08. The predicted molar refractivity (Wildman–Crippen MR) is 107 cm³/mol. The second kappa shape index (κ2) is 8.19. The van der Waals surface area contributed by atoms with E-state index in [-0.39, 0.29) is 0 Å². The average Bonchev–Trinajstić information content (AvgIpc) is 2.76. The van der Waals surface area contributed by atoms with E-state index in [0.717, 1.165) is 35.6 Å². The van der Waals surface area contributed by atoms with E-state index in [4.69, 9.17) is 4.98 Å². The fourth-order valence-electron chi connectivity index (χ4n) is 2.80. The first kappa shape index (κ1) is 16.8. The molecule has 0 bridgehead atoms. The van der Waals surface area contributed by atoms with Crippen LogP contribution in [0.1, 0.15) is 5.56 Å². The molecule has 5 nitrogen and oxygen atoms in total. The van der Waals surface area contributed by atoms with Crippen LogP contribution in [0.2, 0.25) is 0 Å². The van der Waals surface area contributed by atoms with Gasteiger partial charge in [0.25, 0.3) is 0 Å². The summed E-state index contributed by atoms with van der Waals surface area (Å²) < 4.78 is 0. The van der Waals surface area contributed by atoms with Gasteiger partial charge in [-0.1, -0.05) is 30.3 Å². The van der Waals surface area contributed by atoms with Crippen LogP contribution in [0.3, 0.4) is 0 Å². The predicted octanol–water partition coefficient (Wildman–Crippen LogP) is 4.26. The fraction of sp³-hybridized carbons (Fsp3) is 0.0909. The third kappa shape index (κ3) is 4.33. The maximum Gasteiger partial charge on any atom is 0.163 e. The first-order chi connectivity index (χ1) is 13.4. The summed E-state index contributed by atoms with van der Waals surface area (Å²) in [6.45, 7) is 0.792. The number of pyridine rings is 2. The van der Waals surface area contributed by atoms with Gasteiger partial charge in [-0.3, -0.25) is 9.97 Å². The fourth-order valence-corrected chi connectivity index (χ4v) is 2.80. The Labute approximate surface area is 158 Å². The molecule has 0 amide bonds. The van der Waals surface area contributed by atoms with E-state index in [0.29, 0.717) is 5.82 Å². The molecule has 0 aliphatic heterocycles. The summed E-state index contributed by atoms with van der Waals surface area (Å²) in [5.41, 5.74) is 3.96. The molecule has 1 N–H and O–H groups in total. The van der Waals surface area contributed by atoms with E-state index in [2.05, 4.69) is 44.5 Å². The van der Waals surface area contributed by atoms with Crippen LogP contribution in [0.25, 0.3) is 22.6 Å². The van der Waals surface area contributed by atoms with Crippen LogP contribution in [0.15, 0.2) is 85.5 Å². The minimum atomic E-state index is 0.645. The molecular formula is C22H19N5. The van der Waals surface area contributed by atoms with Crippen molar-refractivity contribution >= 4 is 5.82 Å². The van der Waals surface area contributed by atoms with Crippen LogP contribution in [0, 0.1) is 0 Å². The molecule has 1 aromatic carbocycles. The van der Waals surface area contributed by atoms with Crippen LogP contribution in [-0.2, 0) is 6.42 Å². The number of benzene rings is 1. The van der Waals surface area contributed by atoms with Crippen molar-refractivity contribution in [2.45, 2.75) is 6.42 Å². The summed E-state index contributed by atoms with van der Waals surface area (Å²) in [7, 11) is 0. The first-order valence-electron chi connectivity index (χ1n) is 8.86. The second-order valence-electron chi connectivity index (χ2n) is 6.11. The van der Waals surface area contributed by atoms with E-state index in [1.54, 1.807) is 18.6 Å². The van der Waals surface area contributed by atoms with E-state index in [9.17, 15) is 0 Å². The highest BCUT2D eigenvalue weighted by molar-refractivity contribution is 5.66. The Morgan fingerprint density at radius 2 is 1.48 bits per heavy atom. The van der Waals surface area contributed by atoms with Gasteiger partial charge in [-0.05, 0) is 36.2 Å². The van der Waals surface area contributed by atoms with Crippen LogP contribution >= 0.6 is 0 Å². The van der Waals surface area contributed by atoms with Crippen molar-refractivity contribution in [3.63, 3.8) is 0 Å². The van der Waals surface area contributed by atoms with Crippen LogP contribution in [-0.4, -0.2) is 26.5 Å². The number of hydrogen-bond donors (Lipinski definition) is 1. The Hall–Kier alpha value is -3.60. The number of nitrogens with zero attached hydrogens (tertiary/aromatic N) is 4. The monoisotopic (exact) mass is 353 g/mol. The summed E-state index contributed by atoms with van der Waals surface area (Å²) in [6.07, 6.45) is 8.01. The molecule has 3 aromatic heterocycles. The SMILES string of the molecule is c1ccc(CCNc2cc(-c3cccnc3)nc(-c3cccnc3)n2)cc1. The average molecular weight is 353 g/mol. The zero-order valence-electron chi connectivity index (χ0n) is 14.8. The van der Waals surface area contributed by atoms with Gasteiger partial charge in [0.2, 0.25) is 0 Å². The van der Waals surface area contributed by atoms with Crippen molar-refractivity contribution in [1.82, 2.24) is 19.9 Å². The van der Waals surface area contributed by atoms with Gasteiger partial charge in [0, 0.05) is 48.5 Å². The van der Waals surface area contributed by atoms with Crippen molar-refractivity contribution < 1.29 is 0 Å². The molecule has 0 spiro atoms. The standard InChI is InChI=1S/C22H19N5/c1-2-6-17(7-3-1)10-13-25-21-14-20(18-8-4-11-23-15-18)26-22(27-21)19-9-5-12-24-16-19/h1-9,11-12,14-16H,10,13H2,(H,25,26,27). The summed E-state index contributed by atoms with van der Waals surface area (Å²) in [5.74, 6) is 1.44. The number of aromatic nitrogens is 4. The highest BCUT2D eigenvalue weighted by Gasteiger charge is 2.09. The maximum absolute atomic E-state index is 4.71. The second-order valence-corrected chi connectivity index (χ2v) is 6.11. The van der Waals surface area contributed by atoms with Gasteiger partial charge in [-0.2, -0.15) is 0 Å². The third-order valence-corrected chi connectivity index (χ3v) is 4.17. The van der Waals surface area contributed by atoms with Crippen molar-refractivity contribution in [2.24, 2.45) is 0 Å². The van der Waals surface area contributed by atoms with Crippen molar-refractivity contribution in [3.05, 3.63) is 91.0 Å². The lowest BCUT2D eigenvalue weighted by atomic mass is 10.1. The molecule has 132 valence electrons. The smallest absolute Gasteiger partial charge is 0.163 e. The molecule has 4 aromatic rings. The Morgan fingerprint density at radius 3 is 2.19 bits per heavy atom. The van der Waals surface area contributed by atoms with E-state index in [1.807, 2.05) is 42.6 Å². The van der Waals surface area contributed by atoms with Gasteiger partial charge in [0.15, 0.2) is 5.82 Å².